The molecule has 1 saturated heterocycles. The van der Waals surface area contributed by atoms with Crippen molar-refractivity contribution < 1.29 is 0 Å². The number of nitrogens with zero attached hydrogens (tertiary/aromatic N) is 3. The van der Waals surface area contributed by atoms with Gasteiger partial charge in [0.05, 0.1) is 0 Å². The van der Waals surface area contributed by atoms with E-state index in [0.717, 1.165) is 31.5 Å². The number of nitrogens with one attached hydrogen (secondary N) is 1. The molecule has 2 fully saturated rings. The third-order valence-corrected chi connectivity index (χ3v) is 4.20. The molecule has 1 N–H and O–H groups in total. The Morgan fingerprint density at radius 3 is 2.89 bits per heavy atom. The molecule has 2 aliphatic rings. The van der Waals surface area contributed by atoms with Crippen molar-refractivity contribution in [3.8, 4) is 0 Å². The van der Waals surface area contributed by atoms with Gasteiger partial charge in [0.25, 0.3) is 0 Å². The van der Waals surface area contributed by atoms with Crippen LogP contribution in [0.5, 0.6) is 0 Å². The highest BCUT2D eigenvalue weighted by Gasteiger charge is 2.25. The highest BCUT2D eigenvalue weighted by atomic mass is 15.3. The van der Waals surface area contributed by atoms with E-state index in [1.165, 1.54) is 24.8 Å². The monoisotopic (exact) mass is 260 g/mol. The number of anilines is 1. The zero-order chi connectivity index (χ0) is 13.2. The molecule has 0 aromatic carbocycles. The number of hydrogen-bond donors (Lipinski definition) is 1. The van der Waals surface area contributed by atoms with E-state index in [2.05, 4.69) is 46.3 Å². The lowest BCUT2D eigenvalue weighted by atomic mass is 10.2. The van der Waals surface area contributed by atoms with E-state index >= 15 is 0 Å². The molecule has 0 radical (unpaired) electrons. The highest BCUT2D eigenvalue weighted by Crippen LogP contribution is 2.22. The summed E-state index contributed by atoms with van der Waals surface area (Å²) in [6.07, 6.45) is 5.87. The van der Waals surface area contributed by atoms with Crippen LogP contribution in [0.1, 0.15) is 24.8 Å². The van der Waals surface area contributed by atoms with Crippen molar-refractivity contribution in [1.29, 1.82) is 0 Å². The summed E-state index contributed by atoms with van der Waals surface area (Å²) in [5, 5.41) is 3.56. The summed E-state index contributed by atoms with van der Waals surface area (Å²) in [5.41, 5.74) is 1.35. The summed E-state index contributed by atoms with van der Waals surface area (Å²) in [4.78, 5) is 9.26. The van der Waals surface area contributed by atoms with Gasteiger partial charge < -0.3 is 15.1 Å². The molecule has 1 aliphatic heterocycles. The van der Waals surface area contributed by atoms with Crippen molar-refractivity contribution in [2.45, 2.75) is 37.9 Å². The molecule has 0 spiro atoms. The first kappa shape index (κ1) is 12.9. The van der Waals surface area contributed by atoms with Crippen molar-refractivity contribution in [3.63, 3.8) is 0 Å². The molecule has 4 nitrogen and oxygen atoms in total. The van der Waals surface area contributed by atoms with Crippen LogP contribution in [-0.2, 0) is 6.54 Å². The Morgan fingerprint density at radius 1 is 1.37 bits per heavy atom. The molecular formula is C15H24N4. The van der Waals surface area contributed by atoms with Gasteiger partial charge in [-0.15, -0.1) is 0 Å². The molecule has 4 heteroatoms. The third-order valence-electron chi connectivity index (χ3n) is 4.20. The Balaban J connectivity index is 1.62. The van der Waals surface area contributed by atoms with E-state index in [1.54, 1.807) is 0 Å². The number of hydrogen-bond acceptors (Lipinski definition) is 4. The lowest BCUT2D eigenvalue weighted by Gasteiger charge is -2.21. The largest absolute Gasteiger partial charge is 0.355 e. The van der Waals surface area contributed by atoms with Crippen molar-refractivity contribution in [1.82, 2.24) is 15.2 Å². The molecule has 2 heterocycles. The third kappa shape index (κ3) is 3.25. The number of pyridine rings is 1. The summed E-state index contributed by atoms with van der Waals surface area (Å²) in [7, 11) is 4.33. The summed E-state index contributed by atoms with van der Waals surface area (Å²) in [5.74, 6) is 1.14. The minimum absolute atomic E-state index is 0.662. The second-order valence-electron chi connectivity index (χ2n) is 6.03. The zero-order valence-electron chi connectivity index (χ0n) is 12.0. The van der Waals surface area contributed by atoms with E-state index in [9.17, 15) is 0 Å². The van der Waals surface area contributed by atoms with Crippen LogP contribution in [0.25, 0.3) is 0 Å². The fraction of sp³-hybridized carbons (Fsp3) is 0.667. The van der Waals surface area contributed by atoms with Gasteiger partial charge in [0.2, 0.25) is 0 Å². The summed E-state index contributed by atoms with van der Waals surface area (Å²) < 4.78 is 0. The summed E-state index contributed by atoms with van der Waals surface area (Å²) in [6, 6.07) is 5.79. The second-order valence-corrected chi connectivity index (χ2v) is 6.03. The van der Waals surface area contributed by atoms with Gasteiger partial charge in [-0.25, -0.2) is 4.98 Å². The first-order chi connectivity index (χ1) is 9.22. The Kier molecular flexibility index (Phi) is 3.71. The molecule has 0 amide bonds. The van der Waals surface area contributed by atoms with E-state index in [4.69, 9.17) is 0 Å². The minimum Gasteiger partial charge on any atom is -0.355 e. The quantitative estimate of drug-likeness (QED) is 0.869. The predicted octanol–water partition coefficient (Wildman–Crippen LogP) is 1.47. The fourth-order valence-electron chi connectivity index (χ4n) is 2.66. The first-order valence-electron chi connectivity index (χ1n) is 7.32. The first-order valence-corrected chi connectivity index (χ1v) is 7.32. The van der Waals surface area contributed by atoms with Crippen molar-refractivity contribution in [3.05, 3.63) is 23.9 Å². The maximum atomic E-state index is 4.54. The van der Waals surface area contributed by atoms with Gasteiger partial charge in [-0.05, 0) is 51.1 Å². The fourth-order valence-corrected chi connectivity index (χ4v) is 2.66. The van der Waals surface area contributed by atoms with E-state index in [0.29, 0.717) is 6.04 Å². The van der Waals surface area contributed by atoms with Crippen LogP contribution < -0.4 is 10.2 Å². The van der Waals surface area contributed by atoms with Gasteiger partial charge >= 0.3 is 0 Å². The Labute approximate surface area is 115 Å². The standard InChI is InChI=1S/C15H24N4/c1-18(2)14-6-8-19(11-14)15-9-12(5-7-16-15)10-17-13-3-4-13/h5,7,9,13-14,17H,3-4,6,8,10-11H2,1-2H3. The molecule has 1 unspecified atom stereocenters. The second kappa shape index (κ2) is 5.47. The predicted molar refractivity (Wildman–Crippen MR) is 78.4 cm³/mol. The molecule has 1 aromatic heterocycles. The minimum atomic E-state index is 0.662. The van der Waals surface area contributed by atoms with Gasteiger partial charge in [-0.3, -0.25) is 0 Å². The van der Waals surface area contributed by atoms with Crippen LogP contribution in [0, 0.1) is 0 Å². The topological polar surface area (TPSA) is 31.4 Å². The summed E-state index contributed by atoms with van der Waals surface area (Å²) in [6.45, 7) is 3.19. The molecule has 19 heavy (non-hydrogen) atoms. The summed E-state index contributed by atoms with van der Waals surface area (Å²) >= 11 is 0. The Hall–Kier alpha value is -1.13. The van der Waals surface area contributed by atoms with Crippen LogP contribution in [0.2, 0.25) is 0 Å². The maximum Gasteiger partial charge on any atom is 0.128 e. The number of likely N-dealkylation sites (N-methyl/N-ethyl adjacent to an activating group) is 1. The lowest BCUT2D eigenvalue weighted by molar-refractivity contribution is 0.315. The van der Waals surface area contributed by atoms with Gasteiger partial charge in [0.1, 0.15) is 5.82 Å². The maximum absolute atomic E-state index is 4.54. The van der Waals surface area contributed by atoms with Crippen molar-refractivity contribution >= 4 is 5.82 Å². The number of aromatic nitrogens is 1. The molecule has 1 aromatic rings. The molecular weight excluding hydrogens is 236 g/mol. The van der Waals surface area contributed by atoms with E-state index in [-0.39, 0.29) is 0 Å². The van der Waals surface area contributed by atoms with Crippen LogP contribution >= 0.6 is 0 Å². The van der Waals surface area contributed by atoms with Crippen LogP contribution in [0.15, 0.2) is 18.3 Å². The normalized spacial score (nSPS) is 23.3. The van der Waals surface area contributed by atoms with Gasteiger partial charge in [0.15, 0.2) is 0 Å². The molecule has 0 bridgehead atoms. The van der Waals surface area contributed by atoms with Crippen LogP contribution in [-0.4, -0.2) is 49.2 Å². The average Bonchev–Trinajstić information content (AvgIpc) is 3.10. The molecule has 104 valence electrons. The Morgan fingerprint density at radius 2 is 2.21 bits per heavy atom. The molecule has 1 atom stereocenters. The van der Waals surface area contributed by atoms with Crippen LogP contribution in [0.4, 0.5) is 5.82 Å². The van der Waals surface area contributed by atoms with Crippen molar-refractivity contribution in [2.75, 3.05) is 32.1 Å². The van der Waals surface area contributed by atoms with E-state index < -0.39 is 0 Å². The highest BCUT2D eigenvalue weighted by molar-refractivity contribution is 5.42. The molecule has 3 rings (SSSR count). The van der Waals surface area contributed by atoms with Gasteiger partial charge in [-0.1, -0.05) is 0 Å². The lowest BCUT2D eigenvalue weighted by Crippen LogP contribution is -2.31. The van der Waals surface area contributed by atoms with Crippen molar-refractivity contribution in [2.24, 2.45) is 0 Å². The van der Waals surface area contributed by atoms with Crippen LogP contribution in [0.3, 0.4) is 0 Å². The molecule has 1 aliphatic carbocycles. The van der Waals surface area contributed by atoms with Gasteiger partial charge in [0, 0.05) is 37.9 Å². The SMILES string of the molecule is CN(C)C1CCN(c2cc(CNC3CC3)ccn2)C1. The zero-order valence-corrected chi connectivity index (χ0v) is 12.0. The number of rotatable bonds is 5. The molecule has 1 saturated carbocycles. The van der Waals surface area contributed by atoms with E-state index in [1.807, 2.05) is 6.20 Å². The average molecular weight is 260 g/mol. The Bertz CT molecular complexity index is 428. The smallest absolute Gasteiger partial charge is 0.128 e. The van der Waals surface area contributed by atoms with Gasteiger partial charge in [-0.2, -0.15) is 0 Å².